The average Bonchev–Trinajstić information content (AvgIpc) is 2.35. The van der Waals surface area contributed by atoms with Crippen molar-refractivity contribution in [1.29, 1.82) is 0 Å². The third kappa shape index (κ3) is 3.76. The Balaban J connectivity index is 1.93. The van der Waals surface area contributed by atoms with Crippen molar-refractivity contribution in [2.24, 2.45) is 0 Å². The molecule has 2 rings (SSSR count). The van der Waals surface area contributed by atoms with E-state index in [9.17, 15) is 0 Å². The quantitative estimate of drug-likeness (QED) is 0.879. The fraction of sp³-hybridized carbons (Fsp3) is 0.625. The van der Waals surface area contributed by atoms with Gasteiger partial charge in [-0.3, -0.25) is 0 Å². The van der Waals surface area contributed by atoms with E-state index >= 15 is 0 Å². The summed E-state index contributed by atoms with van der Waals surface area (Å²) in [5.74, 6) is 1.16. The molecule has 0 amide bonds. The number of nitrogens with one attached hydrogen (secondary N) is 1. The maximum Gasteiger partial charge on any atom is 0.0204 e. The summed E-state index contributed by atoms with van der Waals surface area (Å²) >= 11 is 2.14. The van der Waals surface area contributed by atoms with E-state index < -0.39 is 0 Å². The SMILES string of the molecule is CNC1CCCCC1SCc1cc(C)cc(C)c1. The highest BCUT2D eigenvalue weighted by atomic mass is 32.2. The number of hydrogen-bond donors (Lipinski definition) is 1. The van der Waals surface area contributed by atoms with Gasteiger partial charge in [0.05, 0.1) is 0 Å². The number of benzene rings is 1. The zero-order chi connectivity index (χ0) is 13.0. The van der Waals surface area contributed by atoms with Crippen LogP contribution in [0.3, 0.4) is 0 Å². The normalized spacial score (nSPS) is 24.2. The van der Waals surface area contributed by atoms with Crippen LogP contribution in [-0.4, -0.2) is 18.3 Å². The van der Waals surface area contributed by atoms with Gasteiger partial charge in [-0.05, 0) is 39.3 Å². The molecule has 0 saturated heterocycles. The summed E-state index contributed by atoms with van der Waals surface area (Å²) in [6.07, 6.45) is 5.52. The summed E-state index contributed by atoms with van der Waals surface area (Å²) in [6.45, 7) is 4.39. The van der Waals surface area contributed by atoms with E-state index in [0.717, 1.165) is 17.0 Å². The molecule has 1 aliphatic carbocycles. The van der Waals surface area contributed by atoms with Crippen LogP contribution in [0.4, 0.5) is 0 Å². The van der Waals surface area contributed by atoms with Crippen LogP contribution < -0.4 is 5.32 Å². The summed E-state index contributed by atoms with van der Waals surface area (Å²) in [5.41, 5.74) is 4.26. The van der Waals surface area contributed by atoms with Crippen molar-refractivity contribution in [1.82, 2.24) is 5.32 Å². The molecule has 0 heterocycles. The van der Waals surface area contributed by atoms with Crippen molar-refractivity contribution < 1.29 is 0 Å². The average molecular weight is 263 g/mol. The maximum atomic E-state index is 3.49. The molecule has 0 spiro atoms. The van der Waals surface area contributed by atoms with Gasteiger partial charge in [0.25, 0.3) is 0 Å². The smallest absolute Gasteiger partial charge is 0.0204 e. The molecule has 2 atom stereocenters. The Morgan fingerprint density at radius 1 is 1.11 bits per heavy atom. The van der Waals surface area contributed by atoms with Crippen molar-refractivity contribution in [3.8, 4) is 0 Å². The fourth-order valence-corrected chi connectivity index (χ4v) is 4.39. The molecular weight excluding hydrogens is 238 g/mol. The first kappa shape index (κ1) is 14.0. The molecule has 1 fully saturated rings. The first-order chi connectivity index (χ1) is 8.69. The molecule has 1 nitrogen and oxygen atoms in total. The Morgan fingerprint density at radius 3 is 2.44 bits per heavy atom. The van der Waals surface area contributed by atoms with E-state index in [-0.39, 0.29) is 0 Å². The highest BCUT2D eigenvalue weighted by Crippen LogP contribution is 2.31. The molecule has 0 radical (unpaired) electrons. The largest absolute Gasteiger partial charge is 0.316 e. The fourth-order valence-electron chi connectivity index (χ4n) is 2.98. The van der Waals surface area contributed by atoms with Crippen molar-refractivity contribution in [2.45, 2.75) is 56.6 Å². The molecule has 1 aromatic carbocycles. The van der Waals surface area contributed by atoms with Crippen LogP contribution in [0.1, 0.15) is 42.4 Å². The van der Waals surface area contributed by atoms with Crippen molar-refractivity contribution in [3.63, 3.8) is 0 Å². The second kappa shape index (κ2) is 6.63. The first-order valence-corrected chi connectivity index (χ1v) is 8.10. The second-order valence-corrected chi connectivity index (χ2v) is 6.75. The first-order valence-electron chi connectivity index (χ1n) is 7.05. The zero-order valence-corrected chi connectivity index (χ0v) is 12.6. The topological polar surface area (TPSA) is 12.0 Å². The summed E-state index contributed by atoms with van der Waals surface area (Å²) < 4.78 is 0. The summed E-state index contributed by atoms with van der Waals surface area (Å²) in [5, 5.41) is 4.29. The second-order valence-electron chi connectivity index (χ2n) is 5.53. The Labute approximate surface area is 116 Å². The van der Waals surface area contributed by atoms with Crippen LogP contribution in [0.15, 0.2) is 18.2 Å². The minimum absolute atomic E-state index is 0.717. The molecule has 1 aliphatic rings. The van der Waals surface area contributed by atoms with Gasteiger partial charge in [0.15, 0.2) is 0 Å². The van der Waals surface area contributed by atoms with Crippen molar-refractivity contribution in [3.05, 3.63) is 34.9 Å². The lowest BCUT2D eigenvalue weighted by atomic mass is 9.95. The van der Waals surface area contributed by atoms with Gasteiger partial charge >= 0.3 is 0 Å². The summed E-state index contributed by atoms with van der Waals surface area (Å²) in [6, 6.07) is 7.63. The molecule has 2 unspecified atom stereocenters. The summed E-state index contributed by atoms with van der Waals surface area (Å²) in [7, 11) is 2.11. The van der Waals surface area contributed by atoms with Gasteiger partial charge in [-0.15, -0.1) is 0 Å². The van der Waals surface area contributed by atoms with E-state index in [1.165, 1.54) is 42.4 Å². The highest BCUT2D eigenvalue weighted by Gasteiger charge is 2.23. The molecule has 0 bridgehead atoms. The Bertz CT molecular complexity index is 368. The predicted octanol–water partition coefficient (Wildman–Crippen LogP) is 4.07. The van der Waals surface area contributed by atoms with Crippen molar-refractivity contribution >= 4 is 11.8 Å². The molecule has 1 N–H and O–H groups in total. The third-order valence-corrected chi connectivity index (χ3v) is 5.31. The monoisotopic (exact) mass is 263 g/mol. The molecule has 100 valence electrons. The van der Waals surface area contributed by atoms with Gasteiger partial charge in [-0.1, -0.05) is 42.2 Å². The van der Waals surface area contributed by atoms with Crippen LogP contribution in [0, 0.1) is 13.8 Å². The minimum atomic E-state index is 0.717. The van der Waals surface area contributed by atoms with Crippen LogP contribution in [0.5, 0.6) is 0 Å². The van der Waals surface area contributed by atoms with Gasteiger partial charge in [-0.2, -0.15) is 11.8 Å². The number of thioether (sulfide) groups is 1. The molecule has 18 heavy (non-hydrogen) atoms. The Morgan fingerprint density at radius 2 is 1.78 bits per heavy atom. The predicted molar refractivity (Wildman–Crippen MR) is 82.3 cm³/mol. The number of rotatable bonds is 4. The van der Waals surface area contributed by atoms with Gasteiger partial charge in [0, 0.05) is 17.0 Å². The van der Waals surface area contributed by atoms with E-state index in [1.807, 2.05) is 0 Å². The molecule has 0 aromatic heterocycles. The maximum absolute atomic E-state index is 3.49. The van der Waals surface area contributed by atoms with Gasteiger partial charge < -0.3 is 5.32 Å². The van der Waals surface area contributed by atoms with E-state index in [4.69, 9.17) is 0 Å². The molecule has 2 heteroatoms. The van der Waals surface area contributed by atoms with E-state index in [2.05, 4.69) is 56.2 Å². The third-order valence-electron chi connectivity index (χ3n) is 3.82. The zero-order valence-electron chi connectivity index (χ0n) is 11.8. The van der Waals surface area contributed by atoms with E-state index in [1.54, 1.807) is 0 Å². The van der Waals surface area contributed by atoms with E-state index in [0.29, 0.717) is 0 Å². The van der Waals surface area contributed by atoms with Gasteiger partial charge in [0.1, 0.15) is 0 Å². The molecule has 1 saturated carbocycles. The van der Waals surface area contributed by atoms with Crippen molar-refractivity contribution in [2.75, 3.05) is 7.05 Å². The Kier molecular flexibility index (Phi) is 5.13. The molecule has 1 aromatic rings. The number of hydrogen-bond acceptors (Lipinski definition) is 2. The Hall–Kier alpha value is -0.470. The van der Waals surface area contributed by atoms with Crippen LogP contribution >= 0.6 is 11.8 Å². The lowest BCUT2D eigenvalue weighted by Gasteiger charge is -2.30. The molecule has 0 aliphatic heterocycles. The van der Waals surface area contributed by atoms with Gasteiger partial charge in [0.2, 0.25) is 0 Å². The van der Waals surface area contributed by atoms with Gasteiger partial charge in [-0.25, -0.2) is 0 Å². The summed E-state index contributed by atoms with van der Waals surface area (Å²) in [4.78, 5) is 0. The lowest BCUT2D eigenvalue weighted by Crippen LogP contribution is -2.38. The highest BCUT2D eigenvalue weighted by molar-refractivity contribution is 7.99. The standard InChI is InChI=1S/C16H25NS/c1-12-8-13(2)10-14(9-12)11-18-16-7-5-4-6-15(16)17-3/h8-10,15-17H,4-7,11H2,1-3H3. The minimum Gasteiger partial charge on any atom is -0.316 e. The number of aryl methyl sites for hydroxylation is 2. The lowest BCUT2D eigenvalue weighted by molar-refractivity contribution is 0.405. The van der Waals surface area contributed by atoms with Crippen LogP contribution in [0.25, 0.3) is 0 Å². The van der Waals surface area contributed by atoms with Crippen LogP contribution in [0.2, 0.25) is 0 Å². The van der Waals surface area contributed by atoms with Crippen LogP contribution in [-0.2, 0) is 5.75 Å². The molecular formula is C16H25NS.